The van der Waals surface area contributed by atoms with E-state index in [2.05, 4.69) is 0 Å². The third-order valence-electron chi connectivity index (χ3n) is 0.183. The molecule has 0 aromatic rings. The molecule has 0 radical (unpaired) electrons. The molecule has 0 atom stereocenters. The molecule has 0 saturated heterocycles. The average Bonchev–Trinajstić information content (AvgIpc) is 1.36. The van der Waals surface area contributed by atoms with Crippen molar-refractivity contribution >= 4 is 11.9 Å². The molecular weight excluding hydrogens is 360 g/mol. The van der Waals surface area contributed by atoms with Crippen molar-refractivity contribution in [3.8, 4) is 0 Å². The second kappa shape index (κ2) is 414. The van der Waals surface area contributed by atoms with Crippen molar-refractivity contribution in [3.63, 3.8) is 0 Å². The van der Waals surface area contributed by atoms with Crippen molar-refractivity contribution in [3.05, 3.63) is 0 Å². The van der Waals surface area contributed by atoms with Crippen LogP contribution >= 0.6 is 0 Å². The van der Waals surface area contributed by atoms with Gasteiger partial charge in [0, 0.05) is 0 Å². The van der Waals surface area contributed by atoms with Crippen LogP contribution in [0.3, 0.4) is 0 Å². The molecule has 0 aliphatic rings. The zero-order valence-electron chi connectivity index (χ0n) is 11.2. The number of rotatable bonds is 0. The van der Waals surface area contributed by atoms with E-state index < -0.39 is 11.9 Å². The van der Waals surface area contributed by atoms with Crippen LogP contribution in [0, 0.1) is 0 Å². The highest BCUT2D eigenvalue weighted by atomic mass is 16.4. The van der Waals surface area contributed by atoms with Gasteiger partial charge in [-0.05, 0) is 0 Å². The minimum absolute atomic E-state index is 0. The van der Waals surface area contributed by atoms with E-state index in [1.54, 1.807) is 0 Å². The van der Waals surface area contributed by atoms with Crippen molar-refractivity contribution in [2.24, 2.45) is 0 Å². The van der Waals surface area contributed by atoms with Crippen molar-refractivity contribution in [2.75, 3.05) is 0 Å². The molecule has 0 rings (SSSR count). The molecule has 23 heavy (non-hydrogen) atoms. The van der Waals surface area contributed by atoms with Crippen molar-refractivity contribution in [1.82, 2.24) is 0 Å². The Bertz CT molecular complexity index is 75.8. The van der Waals surface area contributed by atoms with Gasteiger partial charge in [-0.2, -0.15) is 0 Å². The first-order chi connectivity index (χ1) is 2.64. The highest BCUT2D eigenvalue weighted by Gasteiger charge is 2.04. The molecule has 0 aromatic carbocycles. The van der Waals surface area contributed by atoms with Crippen molar-refractivity contribution in [1.29, 1.82) is 0 Å². The third-order valence-corrected chi connectivity index (χ3v) is 0.183. The Morgan fingerprint density at radius 2 is 0.348 bits per heavy atom. The minimum atomic E-state index is -1.82. The molecule has 0 fully saturated rings. The predicted molar refractivity (Wildman–Crippen MR) is 76.7 cm³/mol. The fourth-order valence-electron chi connectivity index (χ4n) is 0. The largest absolute Gasteiger partial charge is 0.473 e. The van der Waals surface area contributed by atoms with Gasteiger partial charge in [0.2, 0.25) is 0 Å². The van der Waals surface area contributed by atoms with E-state index in [0.29, 0.717) is 0 Å². The van der Waals surface area contributed by atoms with Gasteiger partial charge in [0.05, 0.1) is 0 Å². The number of hydrogen-bond acceptors (Lipinski definition) is 2. The fraction of sp³-hybridized carbons (Fsp3) is 0. The van der Waals surface area contributed by atoms with E-state index in [1.165, 1.54) is 0 Å². The van der Waals surface area contributed by atoms with Gasteiger partial charge >= 0.3 is 11.9 Å². The predicted octanol–water partition coefficient (Wildman–Crippen LogP) is -14.9. The van der Waals surface area contributed by atoms with E-state index in [-0.39, 0.29) is 93.1 Å². The van der Waals surface area contributed by atoms with Crippen molar-refractivity contribution in [2.45, 2.75) is 0 Å². The molecule has 0 unspecified atom stereocenters. The van der Waals surface area contributed by atoms with Gasteiger partial charge < -0.3 is 103 Å². The van der Waals surface area contributed by atoms with Crippen LogP contribution < -0.4 is 0 Å². The maximum Gasteiger partial charge on any atom is 0.414 e. The van der Waals surface area contributed by atoms with Crippen LogP contribution in [0.1, 0.15) is 0 Å². The summed E-state index contributed by atoms with van der Waals surface area (Å²) in [6.07, 6.45) is 0. The highest BCUT2D eigenvalue weighted by Crippen LogP contribution is 1.56. The highest BCUT2D eigenvalue weighted by molar-refractivity contribution is 6.27. The van der Waals surface area contributed by atoms with E-state index in [0.717, 1.165) is 0 Å². The molecule has 0 spiro atoms. The van der Waals surface area contributed by atoms with Crippen LogP contribution in [0.2, 0.25) is 0 Å². The van der Waals surface area contributed by atoms with Gasteiger partial charge in [-0.25, -0.2) is 9.59 Å². The molecule has 36 N–H and O–H groups in total. The lowest BCUT2D eigenvalue weighted by atomic mass is 10.7. The lowest BCUT2D eigenvalue weighted by molar-refractivity contribution is -0.159. The van der Waals surface area contributed by atoms with Crippen LogP contribution in [0.15, 0.2) is 0 Å². The third kappa shape index (κ3) is 1320. The molecule has 0 aromatic heterocycles. The monoisotopic (exact) mass is 396 g/mol. The summed E-state index contributed by atoms with van der Waals surface area (Å²) < 4.78 is 0. The second-order valence-corrected chi connectivity index (χ2v) is 0.610. The van der Waals surface area contributed by atoms with Gasteiger partial charge in [0.1, 0.15) is 0 Å². The van der Waals surface area contributed by atoms with E-state index in [1.807, 2.05) is 0 Å². The Balaban J connectivity index is -0.000000000919. The molecule has 0 saturated carbocycles. The Kier molecular flexibility index (Phi) is 14800. The summed E-state index contributed by atoms with van der Waals surface area (Å²) >= 11 is 0. The number of carbonyl (C=O) groups is 2. The first-order valence-electron chi connectivity index (χ1n) is 1.11. The van der Waals surface area contributed by atoms with E-state index in [9.17, 15) is 0 Å². The Morgan fingerprint density at radius 3 is 0.348 bits per heavy atom. The van der Waals surface area contributed by atoms with E-state index >= 15 is 0 Å². The quantitative estimate of drug-likeness (QED) is 0.376. The van der Waals surface area contributed by atoms with Gasteiger partial charge in [-0.15, -0.1) is 0 Å². The molecule has 0 bridgehead atoms. The van der Waals surface area contributed by atoms with Gasteiger partial charge in [0.25, 0.3) is 0 Å². The van der Waals surface area contributed by atoms with E-state index in [4.69, 9.17) is 19.8 Å². The van der Waals surface area contributed by atoms with Gasteiger partial charge in [-0.3, -0.25) is 0 Å². The summed E-state index contributed by atoms with van der Waals surface area (Å²) in [5, 5.41) is 14.8. The maximum atomic E-state index is 9.10. The Labute approximate surface area is 126 Å². The summed E-state index contributed by atoms with van der Waals surface area (Å²) in [7, 11) is 0. The number of carboxylic acid groups (broad SMARTS) is 2. The first kappa shape index (κ1) is 821. The number of carboxylic acids is 2. The second-order valence-electron chi connectivity index (χ2n) is 0.610. The summed E-state index contributed by atoms with van der Waals surface area (Å²) in [5.41, 5.74) is 0. The SMILES string of the molecule is O.O.O.O.O.O.O.O.O.O.O.O.O.O.O.O.O.O=C(O)C(=O)O. The molecule has 0 heterocycles. The topological polar surface area (TPSA) is 610 Å². The molecule has 0 aliphatic carbocycles. The summed E-state index contributed by atoms with van der Waals surface area (Å²) in [6, 6.07) is 0. The Hall–Kier alpha value is -1.74. The zero-order chi connectivity index (χ0) is 5.15. The summed E-state index contributed by atoms with van der Waals surface area (Å²) in [5.74, 6) is -3.65. The number of hydrogen-bond donors (Lipinski definition) is 2. The average molecular weight is 396 g/mol. The van der Waals surface area contributed by atoms with Crippen LogP contribution in [0.4, 0.5) is 0 Å². The van der Waals surface area contributed by atoms with Gasteiger partial charge in [0.15, 0.2) is 0 Å². The number of aliphatic carboxylic acids is 2. The normalized spacial score (nSPS) is 1.91. The molecular formula is C2H36O21. The molecule has 170 valence electrons. The zero-order valence-corrected chi connectivity index (χ0v) is 11.2. The van der Waals surface area contributed by atoms with Crippen LogP contribution in [0.25, 0.3) is 0 Å². The lowest BCUT2D eigenvalue weighted by Crippen LogP contribution is -2.09. The minimum Gasteiger partial charge on any atom is -0.473 e. The van der Waals surface area contributed by atoms with Crippen molar-refractivity contribution < 1.29 is 113 Å². The van der Waals surface area contributed by atoms with Crippen LogP contribution in [0.5, 0.6) is 0 Å². The molecule has 0 aliphatic heterocycles. The first-order valence-corrected chi connectivity index (χ1v) is 1.11. The fourth-order valence-corrected chi connectivity index (χ4v) is 0. The van der Waals surface area contributed by atoms with Gasteiger partial charge in [-0.1, -0.05) is 0 Å². The Morgan fingerprint density at radius 1 is 0.304 bits per heavy atom. The summed E-state index contributed by atoms with van der Waals surface area (Å²) in [4.78, 5) is 18.2. The van der Waals surface area contributed by atoms with Crippen LogP contribution in [-0.2, 0) is 9.59 Å². The smallest absolute Gasteiger partial charge is 0.414 e. The summed E-state index contributed by atoms with van der Waals surface area (Å²) in [6.45, 7) is 0. The molecule has 0 amide bonds. The standard InChI is InChI=1S/C2H2O4.17H2O/c3-1(4)2(5)6;;;;;;;;;;;;;;;;;/h(H,3,4)(H,5,6);17*1H2. The lowest BCUT2D eigenvalue weighted by Gasteiger charge is -1.72. The maximum absolute atomic E-state index is 9.10. The molecule has 21 nitrogen and oxygen atoms in total. The molecule has 21 heteroatoms. The van der Waals surface area contributed by atoms with Crippen LogP contribution in [-0.4, -0.2) is 115 Å².